The fraction of sp³-hybridized carbons (Fsp3) is 0.792. The molecule has 8 nitrogen and oxygen atoms in total. The lowest BCUT2D eigenvalue weighted by atomic mass is 9.86. The number of rotatable bonds is 3. The van der Waals surface area contributed by atoms with Crippen molar-refractivity contribution in [2.45, 2.75) is 70.1 Å². The van der Waals surface area contributed by atoms with Gasteiger partial charge in [-0.05, 0) is 59.5 Å². The van der Waals surface area contributed by atoms with Gasteiger partial charge in [0.05, 0.1) is 23.2 Å². The van der Waals surface area contributed by atoms with Gasteiger partial charge < -0.3 is 14.0 Å². The summed E-state index contributed by atoms with van der Waals surface area (Å²) in [7, 11) is 5.84. The maximum Gasteiger partial charge on any atom is 0.316 e. The van der Waals surface area contributed by atoms with Gasteiger partial charge in [-0.3, -0.25) is 19.4 Å². The van der Waals surface area contributed by atoms with Gasteiger partial charge in [-0.15, -0.1) is 0 Å². The third-order valence-corrected chi connectivity index (χ3v) is 7.65. The molecule has 2 aliphatic heterocycles. The van der Waals surface area contributed by atoms with Crippen LogP contribution in [0.3, 0.4) is 0 Å². The van der Waals surface area contributed by atoms with Crippen molar-refractivity contribution in [2.24, 2.45) is 13.0 Å². The van der Waals surface area contributed by atoms with Crippen molar-refractivity contribution >= 4 is 11.8 Å². The lowest BCUT2D eigenvalue weighted by molar-refractivity contribution is -0.156. The van der Waals surface area contributed by atoms with Gasteiger partial charge in [0, 0.05) is 46.4 Å². The van der Waals surface area contributed by atoms with E-state index >= 15 is 0 Å². The molecule has 3 rings (SSSR count). The van der Waals surface area contributed by atoms with Crippen molar-refractivity contribution in [3.05, 3.63) is 18.2 Å². The van der Waals surface area contributed by atoms with Crippen LogP contribution in [-0.2, 0) is 32.7 Å². The second kappa shape index (κ2) is 10.4. The zero-order chi connectivity index (χ0) is 23.4. The molecule has 1 aromatic heterocycles. The number of piperidine rings is 1. The monoisotopic (exact) mass is 448 g/mol. The number of cyclic esters (lactones) is 1. The van der Waals surface area contributed by atoms with E-state index in [1.807, 2.05) is 17.9 Å². The molecule has 0 aliphatic carbocycles. The van der Waals surface area contributed by atoms with Crippen LogP contribution in [0.2, 0.25) is 0 Å². The number of hydrogen-bond donors (Lipinski definition) is 0. The minimum Gasteiger partial charge on any atom is -0.463 e. The smallest absolute Gasteiger partial charge is 0.316 e. The zero-order valence-electron chi connectivity index (χ0n) is 20.4. The molecule has 0 radical (unpaired) electrons. The number of ether oxygens (including phenoxy) is 2. The maximum absolute atomic E-state index is 12.7. The number of likely N-dealkylation sites (tertiary alicyclic amines) is 1. The normalized spacial score (nSPS) is 29.2. The van der Waals surface area contributed by atoms with E-state index < -0.39 is 11.9 Å². The van der Waals surface area contributed by atoms with Crippen LogP contribution >= 0.6 is 0 Å². The van der Waals surface area contributed by atoms with Crippen molar-refractivity contribution < 1.29 is 19.1 Å². The number of likely N-dealkylation sites (N-methyl/N-ethyl adjacent to an activating group) is 1. The molecule has 8 heteroatoms. The molecule has 1 spiro atoms. The van der Waals surface area contributed by atoms with Crippen molar-refractivity contribution in [3.63, 3.8) is 0 Å². The molecule has 0 bridgehead atoms. The third kappa shape index (κ3) is 5.97. The summed E-state index contributed by atoms with van der Waals surface area (Å²) >= 11 is 0. The molecular formula is C24H40N4O4. The molecule has 2 saturated heterocycles. The highest BCUT2D eigenvalue weighted by molar-refractivity contribution is 5.98. The number of hydrogen-bond acceptors (Lipinski definition) is 7. The van der Waals surface area contributed by atoms with Crippen molar-refractivity contribution in [1.29, 1.82) is 0 Å². The Kier molecular flexibility index (Phi) is 8.11. The highest BCUT2D eigenvalue weighted by Gasteiger charge is 2.41. The van der Waals surface area contributed by atoms with Crippen LogP contribution < -0.4 is 0 Å². The minimum atomic E-state index is -0.733. The Morgan fingerprint density at radius 2 is 1.88 bits per heavy atom. The van der Waals surface area contributed by atoms with Gasteiger partial charge in [-0.2, -0.15) is 0 Å². The minimum absolute atomic E-state index is 0.0647. The molecule has 0 amide bonds. The number of nitrogens with zero attached hydrogens (tertiary/aromatic N) is 4. The van der Waals surface area contributed by atoms with Crippen LogP contribution in [0.25, 0.3) is 0 Å². The number of ketones is 1. The predicted molar refractivity (Wildman–Crippen MR) is 122 cm³/mol. The van der Waals surface area contributed by atoms with E-state index in [4.69, 9.17) is 9.47 Å². The molecule has 32 heavy (non-hydrogen) atoms. The number of carbonyl (C=O) groups excluding carboxylic acids is 2. The summed E-state index contributed by atoms with van der Waals surface area (Å²) in [6.07, 6.45) is 8.52. The Hall–Kier alpha value is -1.77. The third-order valence-electron chi connectivity index (χ3n) is 7.65. The number of carbonyl (C=O) groups is 2. The molecule has 1 aromatic rings. The Morgan fingerprint density at radius 3 is 2.50 bits per heavy atom. The summed E-state index contributed by atoms with van der Waals surface area (Å²) in [4.78, 5) is 34.5. The summed E-state index contributed by atoms with van der Waals surface area (Å²) in [6, 6.07) is 0. The van der Waals surface area contributed by atoms with Crippen LogP contribution in [0.1, 0.15) is 58.1 Å². The first kappa shape index (κ1) is 24.9. The first-order valence-electron chi connectivity index (χ1n) is 11.8. The lowest BCUT2D eigenvalue weighted by Gasteiger charge is -2.47. The number of imidazole rings is 1. The van der Waals surface area contributed by atoms with E-state index in [-0.39, 0.29) is 16.9 Å². The second-order valence-electron chi connectivity index (χ2n) is 10.0. The Labute approximate surface area is 192 Å². The Bertz CT molecular complexity index is 787. The first-order valence-corrected chi connectivity index (χ1v) is 11.8. The number of methoxy groups -OCH3 is 1. The fourth-order valence-corrected chi connectivity index (χ4v) is 4.86. The average molecular weight is 449 g/mol. The summed E-state index contributed by atoms with van der Waals surface area (Å²) < 4.78 is 13.5. The molecule has 0 saturated carbocycles. The molecule has 180 valence electrons. The van der Waals surface area contributed by atoms with Crippen LogP contribution in [-0.4, -0.2) is 82.6 Å². The van der Waals surface area contributed by atoms with Gasteiger partial charge in [0.25, 0.3) is 0 Å². The van der Waals surface area contributed by atoms with Crippen LogP contribution in [0, 0.1) is 5.92 Å². The number of aromatic nitrogens is 2. The highest BCUT2D eigenvalue weighted by atomic mass is 16.5. The topological polar surface area (TPSA) is 76.9 Å². The Morgan fingerprint density at radius 1 is 1.16 bits per heavy atom. The van der Waals surface area contributed by atoms with Crippen molar-refractivity contribution in [3.8, 4) is 0 Å². The van der Waals surface area contributed by atoms with E-state index in [1.54, 1.807) is 14.0 Å². The van der Waals surface area contributed by atoms with E-state index in [0.29, 0.717) is 19.4 Å². The molecule has 1 unspecified atom stereocenters. The largest absolute Gasteiger partial charge is 0.463 e. The highest BCUT2D eigenvalue weighted by Crippen LogP contribution is 2.32. The van der Waals surface area contributed by atoms with Gasteiger partial charge in [0.15, 0.2) is 0 Å². The van der Waals surface area contributed by atoms with Gasteiger partial charge in [-0.1, -0.05) is 0 Å². The van der Waals surface area contributed by atoms with Crippen molar-refractivity contribution in [2.75, 3.05) is 40.4 Å². The summed E-state index contributed by atoms with van der Waals surface area (Å²) in [5.41, 5.74) is 0.508. The van der Waals surface area contributed by atoms with Gasteiger partial charge in [-0.25, -0.2) is 4.98 Å². The van der Waals surface area contributed by atoms with Crippen LogP contribution in [0.4, 0.5) is 0 Å². The molecular weight excluding hydrogens is 408 g/mol. The summed E-state index contributed by atoms with van der Waals surface area (Å²) in [6.45, 7) is 7.64. The number of Topliss-reactive ketones (excluding diaryl/α,β-unsaturated/α-hetero) is 1. The summed E-state index contributed by atoms with van der Waals surface area (Å²) in [5.74, 6) is -1.20. The standard InChI is InChI=1S/C24H40N4O4/c1-19-21(29)7-9-23(2,31-5)8-6-12-27(4)24(17-32-22(19)30)10-13-28(14-11-24)16-20-15-26(3)18-25-20/h15,18-19H,6-14,16-17H2,1-5H3/t19?,23-/m1/s1. The maximum atomic E-state index is 12.7. The quantitative estimate of drug-likeness (QED) is 0.519. The van der Waals surface area contributed by atoms with Gasteiger partial charge >= 0.3 is 5.97 Å². The van der Waals surface area contributed by atoms with E-state index in [2.05, 4.69) is 35.0 Å². The van der Waals surface area contributed by atoms with Gasteiger partial charge in [0.1, 0.15) is 18.3 Å². The Balaban J connectivity index is 1.71. The van der Waals surface area contributed by atoms with Crippen molar-refractivity contribution in [1.82, 2.24) is 19.4 Å². The molecule has 3 heterocycles. The second-order valence-corrected chi connectivity index (χ2v) is 10.0. The molecule has 2 fully saturated rings. The van der Waals surface area contributed by atoms with Gasteiger partial charge in [0.2, 0.25) is 0 Å². The molecule has 0 aromatic carbocycles. The van der Waals surface area contributed by atoms with Crippen LogP contribution in [0.15, 0.2) is 12.5 Å². The van der Waals surface area contributed by atoms with Crippen LogP contribution in [0.5, 0.6) is 0 Å². The number of aryl methyl sites for hydroxylation is 1. The summed E-state index contributed by atoms with van der Waals surface area (Å²) in [5, 5.41) is 0. The van der Waals surface area contributed by atoms with E-state index in [9.17, 15) is 9.59 Å². The molecule has 0 N–H and O–H groups in total. The molecule has 2 atom stereocenters. The average Bonchev–Trinajstić information content (AvgIpc) is 3.20. The first-order chi connectivity index (χ1) is 15.2. The van der Waals surface area contributed by atoms with E-state index in [1.165, 1.54) is 0 Å². The fourth-order valence-electron chi connectivity index (χ4n) is 4.86. The number of esters is 1. The van der Waals surface area contributed by atoms with E-state index in [0.717, 1.165) is 57.6 Å². The zero-order valence-corrected chi connectivity index (χ0v) is 20.4. The SMILES string of the molecule is CO[C@]1(C)CCCN(C)C2(CCN(Cc3cn(C)cn3)CC2)COC(=O)C(C)C(=O)CC1. The predicted octanol–water partition coefficient (Wildman–Crippen LogP) is 2.41. The lowest BCUT2D eigenvalue weighted by Crippen LogP contribution is -2.57. The molecule has 2 aliphatic rings.